The van der Waals surface area contributed by atoms with Crippen LogP contribution in [0.2, 0.25) is 0 Å². The van der Waals surface area contributed by atoms with E-state index in [1.807, 2.05) is 35.3 Å². The van der Waals surface area contributed by atoms with Gasteiger partial charge >= 0.3 is 0 Å². The van der Waals surface area contributed by atoms with Crippen molar-refractivity contribution in [3.05, 3.63) is 42.0 Å². The third-order valence-corrected chi connectivity index (χ3v) is 3.46. The molecule has 0 radical (unpaired) electrons. The monoisotopic (exact) mass is 286 g/mol. The molecule has 0 aromatic heterocycles. The second-order valence-electron chi connectivity index (χ2n) is 4.91. The van der Waals surface area contributed by atoms with E-state index in [0.29, 0.717) is 0 Å². The summed E-state index contributed by atoms with van der Waals surface area (Å²) in [5.41, 5.74) is 1.01. The lowest BCUT2D eigenvalue weighted by Crippen LogP contribution is -2.45. The number of nitrogens with one attached hydrogen (secondary N) is 1. The smallest absolute Gasteiger partial charge is 0.246 e. The third-order valence-electron chi connectivity index (χ3n) is 3.46. The van der Waals surface area contributed by atoms with Crippen LogP contribution in [0.25, 0.3) is 6.08 Å². The summed E-state index contributed by atoms with van der Waals surface area (Å²) in [5, 5.41) is 3.22. The molecule has 2 aliphatic rings. The van der Waals surface area contributed by atoms with Crippen molar-refractivity contribution >= 4 is 12.0 Å². The molecule has 21 heavy (non-hydrogen) atoms. The molecule has 0 atom stereocenters. The van der Waals surface area contributed by atoms with Gasteiger partial charge in [-0.1, -0.05) is 24.3 Å². The number of carbonyl (C=O) groups excluding carboxylic acids is 1. The lowest BCUT2D eigenvalue weighted by atomic mass is 10.2. The number of benzene rings is 1. The number of hydrogen-bond donors (Lipinski definition) is 1. The van der Waals surface area contributed by atoms with Crippen molar-refractivity contribution in [3.8, 4) is 11.5 Å². The zero-order valence-electron chi connectivity index (χ0n) is 11.7. The highest BCUT2D eigenvalue weighted by Crippen LogP contribution is 2.32. The highest BCUT2D eigenvalue weighted by molar-refractivity contribution is 5.88. The molecule has 0 unspecified atom stereocenters. The molecule has 1 aromatic carbocycles. The molecule has 1 aromatic rings. The Balaban J connectivity index is 1.56. The van der Waals surface area contributed by atoms with Crippen molar-refractivity contribution in [2.75, 3.05) is 33.0 Å². The Morgan fingerprint density at radius 1 is 1.14 bits per heavy atom. The van der Waals surface area contributed by atoms with Crippen LogP contribution in [0.1, 0.15) is 5.56 Å². The topological polar surface area (TPSA) is 50.8 Å². The van der Waals surface area contributed by atoms with Crippen molar-refractivity contribution in [2.45, 2.75) is 0 Å². The van der Waals surface area contributed by atoms with Gasteiger partial charge < -0.3 is 19.7 Å². The second-order valence-corrected chi connectivity index (χ2v) is 4.91. The van der Waals surface area contributed by atoms with Crippen LogP contribution in [0.15, 0.2) is 36.4 Å². The molecule has 1 fully saturated rings. The zero-order valence-corrected chi connectivity index (χ0v) is 11.7. The van der Waals surface area contributed by atoms with Crippen LogP contribution in [0, 0.1) is 0 Å². The number of amides is 1. The number of carbonyl (C=O) groups is 1. The van der Waals surface area contributed by atoms with E-state index in [2.05, 4.69) is 5.32 Å². The highest BCUT2D eigenvalue weighted by Gasteiger charge is 2.13. The number of fused-ring (bicyclic) bond motifs is 1. The molecule has 2 heterocycles. The molecular formula is C16H18N2O3. The molecular weight excluding hydrogens is 268 g/mol. The Hall–Kier alpha value is -2.27. The standard InChI is InChI=1S/C16H18N2O3/c19-16(18-9-7-17-8-10-18)4-2-1-3-13-5-6-14-15(11-13)21-12-20-14/h1-6,11,17H,7-10,12H2/b3-1+,4-2+. The largest absolute Gasteiger partial charge is 0.454 e. The molecule has 0 bridgehead atoms. The quantitative estimate of drug-likeness (QED) is 0.674. The summed E-state index contributed by atoms with van der Waals surface area (Å²) in [7, 11) is 0. The molecule has 5 heteroatoms. The summed E-state index contributed by atoms with van der Waals surface area (Å²) >= 11 is 0. The van der Waals surface area contributed by atoms with Gasteiger partial charge in [0.1, 0.15) is 0 Å². The van der Waals surface area contributed by atoms with E-state index in [1.54, 1.807) is 12.2 Å². The van der Waals surface area contributed by atoms with Gasteiger partial charge in [0.25, 0.3) is 0 Å². The van der Waals surface area contributed by atoms with Crippen molar-refractivity contribution in [3.63, 3.8) is 0 Å². The van der Waals surface area contributed by atoms with E-state index in [4.69, 9.17) is 9.47 Å². The van der Waals surface area contributed by atoms with Crippen molar-refractivity contribution in [1.82, 2.24) is 10.2 Å². The SMILES string of the molecule is O=C(/C=C/C=C/c1ccc2c(c1)OCO2)N1CCNCC1. The predicted octanol–water partition coefficient (Wildman–Crippen LogP) is 1.42. The van der Waals surface area contributed by atoms with Crippen LogP contribution >= 0.6 is 0 Å². The molecule has 110 valence electrons. The van der Waals surface area contributed by atoms with E-state index in [-0.39, 0.29) is 12.7 Å². The average molecular weight is 286 g/mol. The molecule has 0 aliphatic carbocycles. The minimum absolute atomic E-state index is 0.0619. The minimum atomic E-state index is 0.0619. The lowest BCUT2D eigenvalue weighted by molar-refractivity contribution is -0.126. The van der Waals surface area contributed by atoms with E-state index >= 15 is 0 Å². The fraction of sp³-hybridized carbons (Fsp3) is 0.312. The Morgan fingerprint density at radius 2 is 1.95 bits per heavy atom. The first-order valence-electron chi connectivity index (χ1n) is 7.07. The van der Waals surface area contributed by atoms with Gasteiger partial charge in [0.15, 0.2) is 11.5 Å². The van der Waals surface area contributed by atoms with Crippen LogP contribution in [0.4, 0.5) is 0 Å². The normalized spacial score (nSPS) is 17.8. The first kappa shape index (κ1) is 13.7. The van der Waals surface area contributed by atoms with Gasteiger partial charge in [-0.2, -0.15) is 0 Å². The Morgan fingerprint density at radius 3 is 2.81 bits per heavy atom. The summed E-state index contributed by atoms with van der Waals surface area (Å²) in [5.74, 6) is 1.60. The maximum Gasteiger partial charge on any atom is 0.246 e. The van der Waals surface area contributed by atoms with Gasteiger partial charge in [-0.05, 0) is 17.7 Å². The molecule has 1 N–H and O–H groups in total. The van der Waals surface area contributed by atoms with E-state index in [1.165, 1.54) is 0 Å². The zero-order chi connectivity index (χ0) is 14.5. The van der Waals surface area contributed by atoms with Crippen molar-refractivity contribution in [2.24, 2.45) is 0 Å². The maximum atomic E-state index is 11.9. The number of piperazine rings is 1. The first-order valence-corrected chi connectivity index (χ1v) is 7.07. The summed E-state index contributed by atoms with van der Waals surface area (Å²) in [6.07, 6.45) is 7.17. The molecule has 5 nitrogen and oxygen atoms in total. The number of allylic oxidation sites excluding steroid dienone is 2. The molecule has 1 amide bonds. The number of ether oxygens (including phenoxy) is 2. The predicted molar refractivity (Wildman–Crippen MR) is 80.2 cm³/mol. The molecule has 0 spiro atoms. The summed E-state index contributed by atoms with van der Waals surface area (Å²) in [4.78, 5) is 13.8. The van der Waals surface area contributed by atoms with Crippen molar-refractivity contribution in [1.29, 1.82) is 0 Å². The molecule has 2 aliphatic heterocycles. The Kier molecular flexibility index (Phi) is 4.21. The van der Waals surface area contributed by atoms with Crippen LogP contribution in [0.5, 0.6) is 11.5 Å². The van der Waals surface area contributed by atoms with Crippen LogP contribution < -0.4 is 14.8 Å². The second kappa shape index (κ2) is 6.45. The number of hydrogen-bond acceptors (Lipinski definition) is 4. The van der Waals surface area contributed by atoms with Crippen molar-refractivity contribution < 1.29 is 14.3 Å². The van der Waals surface area contributed by atoms with Crippen LogP contribution in [0.3, 0.4) is 0 Å². The Labute approximate surface area is 123 Å². The fourth-order valence-electron chi connectivity index (χ4n) is 2.31. The average Bonchev–Trinajstić information content (AvgIpc) is 3.00. The van der Waals surface area contributed by atoms with Crippen LogP contribution in [-0.4, -0.2) is 43.8 Å². The Bertz CT molecular complexity index is 575. The minimum Gasteiger partial charge on any atom is -0.454 e. The summed E-state index contributed by atoms with van der Waals surface area (Å²) < 4.78 is 10.6. The summed E-state index contributed by atoms with van der Waals surface area (Å²) in [6, 6.07) is 5.76. The lowest BCUT2D eigenvalue weighted by Gasteiger charge is -2.26. The molecule has 0 saturated carbocycles. The van der Waals surface area contributed by atoms with Crippen LogP contribution in [-0.2, 0) is 4.79 Å². The van der Waals surface area contributed by atoms with Gasteiger partial charge in [-0.3, -0.25) is 4.79 Å². The van der Waals surface area contributed by atoms with Gasteiger partial charge in [0.05, 0.1) is 0 Å². The highest BCUT2D eigenvalue weighted by atomic mass is 16.7. The number of nitrogens with zero attached hydrogens (tertiary/aromatic N) is 1. The van der Waals surface area contributed by atoms with E-state index < -0.39 is 0 Å². The molecule has 1 saturated heterocycles. The van der Waals surface area contributed by atoms with Gasteiger partial charge in [-0.15, -0.1) is 0 Å². The summed E-state index contributed by atoms with van der Waals surface area (Å²) in [6.45, 7) is 3.56. The van der Waals surface area contributed by atoms with E-state index in [0.717, 1.165) is 43.2 Å². The van der Waals surface area contributed by atoms with Gasteiger partial charge in [-0.25, -0.2) is 0 Å². The van der Waals surface area contributed by atoms with Gasteiger partial charge in [0, 0.05) is 32.3 Å². The number of rotatable bonds is 3. The fourth-order valence-corrected chi connectivity index (χ4v) is 2.31. The molecule has 3 rings (SSSR count). The van der Waals surface area contributed by atoms with Gasteiger partial charge in [0.2, 0.25) is 12.7 Å². The van der Waals surface area contributed by atoms with E-state index in [9.17, 15) is 4.79 Å². The maximum absolute atomic E-state index is 11.9. The third kappa shape index (κ3) is 3.44. The first-order chi connectivity index (χ1) is 10.3.